The van der Waals surface area contributed by atoms with Gasteiger partial charge < -0.3 is 5.11 Å². The Morgan fingerprint density at radius 1 is 1.17 bits per heavy atom. The van der Waals surface area contributed by atoms with Crippen molar-refractivity contribution in [2.75, 3.05) is 5.73 Å². The predicted molar refractivity (Wildman–Crippen MR) is 97.9 cm³/mol. The molecule has 0 aliphatic carbocycles. The van der Waals surface area contributed by atoms with Crippen molar-refractivity contribution >= 4 is 28.6 Å². The molecule has 0 radical (unpaired) electrons. The number of hydrogen-bond acceptors (Lipinski definition) is 2. The molecular weight excluding hydrogens is 322 g/mol. The first-order valence-electron chi connectivity index (χ1n) is 8.32. The molecule has 0 aliphatic rings. The average Bonchev–Trinajstić information content (AvgIpc) is 2.85. The number of nitrogens with zero attached hydrogens (tertiary/aromatic N) is 2. The zero-order chi connectivity index (χ0) is 17.1. The fraction of sp³-hybridized carbons (Fsp3) is 0.316. The molecule has 0 spiro atoms. The number of nitrogens with two attached hydrogens (primary N) is 1. The maximum Gasteiger partial charge on any atom is 0.356 e. The molecule has 3 aromatic rings. The Morgan fingerprint density at radius 3 is 2.58 bits per heavy atom. The number of fused-ring (bicyclic) bond motifs is 1. The SMILES string of the molecule is CCCCn1c(N)[n+](C[C@@H](O)c2ccc(Cl)cc2)c2ccccc21. The van der Waals surface area contributed by atoms with Crippen LogP contribution in [0.3, 0.4) is 0 Å². The molecule has 4 nitrogen and oxygen atoms in total. The van der Waals surface area contributed by atoms with E-state index in [4.69, 9.17) is 17.3 Å². The minimum atomic E-state index is -0.639. The molecule has 3 rings (SSSR count). The summed E-state index contributed by atoms with van der Waals surface area (Å²) in [5.41, 5.74) is 9.38. The van der Waals surface area contributed by atoms with Crippen molar-refractivity contribution in [2.45, 2.75) is 39.0 Å². The van der Waals surface area contributed by atoms with E-state index in [1.54, 1.807) is 12.1 Å². The zero-order valence-electron chi connectivity index (χ0n) is 13.8. The van der Waals surface area contributed by atoms with Gasteiger partial charge in [-0.05, 0) is 36.2 Å². The summed E-state index contributed by atoms with van der Waals surface area (Å²) in [4.78, 5) is 0. The van der Waals surface area contributed by atoms with Crippen LogP contribution in [0.25, 0.3) is 11.0 Å². The number of aliphatic hydroxyl groups is 1. The van der Waals surface area contributed by atoms with Gasteiger partial charge in [-0.3, -0.25) is 5.73 Å². The van der Waals surface area contributed by atoms with E-state index in [1.165, 1.54) is 0 Å². The molecule has 0 amide bonds. The Labute approximate surface area is 147 Å². The van der Waals surface area contributed by atoms with Crippen LogP contribution in [0.5, 0.6) is 0 Å². The van der Waals surface area contributed by atoms with Crippen LogP contribution in [0.2, 0.25) is 5.02 Å². The third kappa shape index (κ3) is 3.25. The molecule has 1 atom stereocenters. The van der Waals surface area contributed by atoms with Crippen LogP contribution in [0.4, 0.5) is 5.95 Å². The van der Waals surface area contributed by atoms with Gasteiger partial charge in [-0.25, -0.2) is 9.13 Å². The number of benzene rings is 2. The second kappa shape index (κ2) is 7.24. The fourth-order valence-electron chi connectivity index (χ4n) is 3.02. The number of anilines is 1. The van der Waals surface area contributed by atoms with Crippen molar-refractivity contribution in [3.63, 3.8) is 0 Å². The van der Waals surface area contributed by atoms with Crippen molar-refractivity contribution in [2.24, 2.45) is 0 Å². The second-order valence-corrected chi connectivity index (χ2v) is 6.47. The molecule has 0 fully saturated rings. The Kier molecular flexibility index (Phi) is 5.07. The van der Waals surface area contributed by atoms with E-state index in [1.807, 2.05) is 34.9 Å². The highest BCUT2D eigenvalue weighted by Gasteiger charge is 2.22. The molecule has 0 saturated carbocycles. The highest BCUT2D eigenvalue weighted by Crippen LogP contribution is 2.21. The quantitative estimate of drug-likeness (QED) is 0.670. The number of aliphatic hydroxyl groups excluding tert-OH is 1. The molecule has 0 saturated heterocycles. The van der Waals surface area contributed by atoms with Crippen LogP contribution in [0.1, 0.15) is 31.4 Å². The van der Waals surface area contributed by atoms with Crippen LogP contribution in [0.15, 0.2) is 48.5 Å². The van der Waals surface area contributed by atoms with E-state index < -0.39 is 6.10 Å². The molecular formula is C19H23ClN3O+. The largest absolute Gasteiger partial charge is 0.385 e. The average molecular weight is 345 g/mol. The molecule has 0 unspecified atom stereocenters. The van der Waals surface area contributed by atoms with E-state index in [9.17, 15) is 5.11 Å². The van der Waals surface area contributed by atoms with Crippen molar-refractivity contribution in [1.82, 2.24) is 4.57 Å². The van der Waals surface area contributed by atoms with E-state index in [0.29, 0.717) is 17.5 Å². The molecule has 1 heterocycles. The lowest BCUT2D eigenvalue weighted by atomic mass is 10.1. The van der Waals surface area contributed by atoms with Crippen molar-refractivity contribution in [3.8, 4) is 0 Å². The summed E-state index contributed by atoms with van der Waals surface area (Å²) in [6, 6.07) is 15.4. The summed E-state index contributed by atoms with van der Waals surface area (Å²) in [5, 5.41) is 11.3. The lowest BCUT2D eigenvalue weighted by molar-refractivity contribution is -0.666. The highest BCUT2D eigenvalue weighted by atomic mass is 35.5. The summed E-state index contributed by atoms with van der Waals surface area (Å²) in [6.45, 7) is 3.46. The summed E-state index contributed by atoms with van der Waals surface area (Å²) in [6.07, 6.45) is 1.54. The Hall–Kier alpha value is -2.04. The molecule has 0 bridgehead atoms. The van der Waals surface area contributed by atoms with Gasteiger partial charge in [0.1, 0.15) is 23.7 Å². The number of imidazole rings is 1. The van der Waals surface area contributed by atoms with Crippen LogP contribution in [-0.4, -0.2) is 9.67 Å². The van der Waals surface area contributed by atoms with Crippen LogP contribution < -0.4 is 10.3 Å². The Bertz CT molecular complexity index is 826. The lowest BCUT2D eigenvalue weighted by Gasteiger charge is -2.10. The first kappa shape index (κ1) is 16.8. The van der Waals surface area contributed by atoms with Crippen molar-refractivity contribution < 1.29 is 9.67 Å². The molecule has 2 aromatic carbocycles. The molecule has 0 aliphatic heterocycles. The normalized spacial score (nSPS) is 12.6. The van der Waals surface area contributed by atoms with E-state index in [-0.39, 0.29) is 0 Å². The van der Waals surface area contributed by atoms with Crippen LogP contribution in [-0.2, 0) is 13.1 Å². The van der Waals surface area contributed by atoms with Crippen LogP contribution in [0, 0.1) is 0 Å². The second-order valence-electron chi connectivity index (χ2n) is 6.03. The number of aryl methyl sites for hydroxylation is 1. The minimum Gasteiger partial charge on any atom is -0.385 e. The zero-order valence-corrected chi connectivity index (χ0v) is 14.6. The van der Waals surface area contributed by atoms with Gasteiger partial charge in [0.15, 0.2) is 0 Å². The maximum absolute atomic E-state index is 10.6. The Morgan fingerprint density at radius 2 is 1.88 bits per heavy atom. The number of unbranched alkanes of at least 4 members (excludes halogenated alkanes) is 1. The number of nitrogen functional groups attached to an aromatic ring is 1. The highest BCUT2D eigenvalue weighted by molar-refractivity contribution is 6.30. The first-order valence-corrected chi connectivity index (χ1v) is 8.69. The standard InChI is InChI=1S/C19H22ClN3O/c1-2-3-12-22-16-6-4-5-7-17(16)23(19(22)21)13-18(24)14-8-10-15(20)11-9-14/h4-11,18,21,24H,2-3,12-13H2,1H3/p+1/t18-/m1/s1. The van der Waals surface area contributed by atoms with Crippen molar-refractivity contribution in [3.05, 3.63) is 59.1 Å². The summed E-state index contributed by atoms with van der Waals surface area (Å²) < 4.78 is 4.12. The molecule has 24 heavy (non-hydrogen) atoms. The molecule has 3 N–H and O–H groups in total. The van der Waals surface area contributed by atoms with Gasteiger partial charge in [0, 0.05) is 5.02 Å². The van der Waals surface area contributed by atoms with E-state index in [0.717, 1.165) is 36.0 Å². The third-order valence-electron chi connectivity index (χ3n) is 4.36. The van der Waals surface area contributed by atoms with Gasteiger partial charge in [0.25, 0.3) is 0 Å². The maximum atomic E-state index is 10.6. The number of para-hydroxylation sites is 2. The Balaban J connectivity index is 1.96. The minimum absolute atomic E-state index is 0.410. The van der Waals surface area contributed by atoms with E-state index >= 15 is 0 Å². The summed E-state index contributed by atoms with van der Waals surface area (Å²) in [5.74, 6) is 0.678. The molecule has 126 valence electrons. The lowest BCUT2D eigenvalue weighted by Crippen LogP contribution is -2.39. The van der Waals surface area contributed by atoms with Gasteiger partial charge in [0.05, 0.1) is 6.54 Å². The topological polar surface area (TPSA) is 55.1 Å². The first-order chi connectivity index (χ1) is 11.6. The summed E-state index contributed by atoms with van der Waals surface area (Å²) >= 11 is 5.92. The van der Waals surface area contributed by atoms with Gasteiger partial charge in [-0.1, -0.05) is 49.2 Å². The van der Waals surface area contributed by atoms with Gasteiger partial charge in [-0.2, -0.15) is 0 Å². The van der Waals surface area contributed by atoms with Gasteiger partial charge in [0.2, 0.25) is 0 Å². The summed E-state index contributed by atoms with van der Waals surface area (Å²) in [7, 11) is 0. The monoisotopic (exact) mass is 344 g/mol. The fourth-order valence-corrected chi connectivity index (χ4v) is 3.15. The predicted octanol–water partition coefficient (Wildman–Crippen LogP) is 3.70. The molecule has 1 aromatic heterocycles. The third-order valence-corrected chi connectivity index (χ3v) is 4.61. The molecule has 5 heteroatoms. The van der Waals surface area contributed by atoms with Gasteiger partial charge in [-0.15, -0.1) is 0 Å². The number of aromatic nitrogens is 2. The number of hydrogen-bond donors (Lipinski definition) is 2. The number of rotatable bonds is 6. The van der Waals surface area contributed by atoms with Gasteiger partial charge >= 0.3 is 5.95 Å². The smallest absolute Gasteiger partial charge is 0.356 e. The van der Waals surface area contributed by atoms with E-state index in [2.05, 4.69) is 17.6 Å². The number of halogens is 1. The van der Waals surface area contributed by atoms with Crippen molar-refractivity contribution in [1.29, 1.82) is 0 Å². The van der Waals surface area contributed by atoms with Crippen LogP contribution >= 0.6 is 11.6 Å².